The Balaban J connectivity index is 1.82. The van der Waals surface area contributed by atoms with Gasteiger partial charge in [-0.05, 0) is 43.5 Å². The number of aliphatic hydroxyl groups is 1. The van der Waals surface area contributed by atoms with Crippen LogP contribution in [0.15, 0.2) is 24.3 Å². The molecule has 1 aromatic carbocycles. The summed E-state index contributed by atoms with van der Waals surface area (Å²) >= 11 is 0. The summed E-state index contributed by atoms with van der Waals surface area (Å²) in [5.74, 6) is 0. The number of nitrogens with one attached hydrogen (secondary N) is 1. The number of amides is 2. The maximum absolute atomic E-state index is 12.4. The Bertz CT molecular complexity index is 574. The zero-order valence-corrected chi connectivity index (χ0v) is 14.9. The van der Waals surface area contributed by atoms with Gasteiger partial charge in [0.05, 0.1) is 18.2 Å². The molecule has 1 saturated heterocycles. The van der Waals surface area contributed by atoms with Gasteiger partial charge in [0, 0.05) is 37.9 Å². The Morgan fingerprint density at radius 2 is 2.00 bits per heavy atom. The molecule has 1 aliphatic rings. The molecule has 0 aromatic heterocycles. The van der Waals surface area contributed by atoms with E-state index < -0.39 is 0 Å². The van der Waals surface area contributed by atoms with Gasteiger partial charge in [-0.3, -0.25) is 0 Å². The molecule has 6 nitrogen and oxygen atoms in total. The summed E-state index contributed by atoms with van der Waals surface area (Å²) in [7, 11) is 0. The molecule has 0 radical (unpaired) electrons. The number of hydrogen-bond acceptors (Lipinski definition) is 4. The Kier molecular flexibility index (Phi) is 7.55. The van der Waals surface area contributed by atoms with Crippen molar-refractivity contribution in [1.29, 1.82) is 5.26 Å². The van der Waals surface area contributed by atoms with Crippen molar-refractivity contribution in [2.45, 2.75) is 38.6 Å². The fourth-order valence-corrected chi connectivity index (χ4v) is 3.08. The van der Waals surface area contributed by atoms with E-state index in [2.05, 4.69) is 23.2 Å². The average Bonchev–Trinajstić information content (AvgIpc) is 2.65. The number of urea groups is 1. The van der Waals surface area contributed by atoms with Crippen LogP contribution in [0, 0.1) is 11.3 Å². The van der Waals surface area contributed by atoms with Crippen molar-refractivity contribution in [2.75, 3.05) is 37.7 Å². The van der Waals surface area contributed by atoms with E-state index in [1.165, 1.54) is 0 Å². The molecule has 1 aliphatic heterocycles. The Labute approximate surface area is 150 Å². The number of benzene rings is 1. The van der Waals surface area contributed by atoms with Crippen LogP contribution in [0.3, 0.4) is 0 Å². The number of carbonyl (C=O) groups is 1. The third-order valence-electron chi connectivity index (χ3n) is 4.62. The van der Waals surface area contributed by atoms with Crippen LogP contribution in [0.5, 0.6) is 0 Å². The van der Waals surface area contributed by atoms with Crippen molar-refractivity contribution in [3.63, 3.8) is 0 Å². The maximum atomic E-state index is 12.4. The molecule has 1 aromatic rings. The van der Waals surface area contributed by atoms with Crippen LogP contribution in [0.4, 0.5) is 10.5 Å². The van der Waals surface area contributed by atoms with Gasteiger partial charge in [0.15, 0.2) is 0 Å². The normalized spacial score (nSPS) is 14.8. The SMILES string of the molecule is CCCCN(CCO)C(=O)NC1CCN(c2ccc(C#N)cc2)CC1. The van der Waals surface area contributed by atoms with Crippen molar-refractivity contribution in [2.24, 2.45) is 0 Å². The van der Waals surface area contributed by atoms with Gasteiger partial charge < -0.3 is 20.2 Å². The monoisotopic (exact) mass is 344 g/mol. The first-order valence-corrected chi connectivity index (χ1v) is 9.09. The van der Waals surface area contributed by atoms with Crippen LogP contribution < -0.4 is 10.2 Å². The number of hydrogen-bond donors (Lipinski definition) is 2. The molecule has 25 heavy (non-hydrogen) atoms. The van der Waals surface area contributed by atoms with E-state index in [0.717, 1.165) is 44.5 Å². The zero-order chi connectivity index (χ0) is 18.1. The van der Waals surface area contributed by atoms with Crippen LogP contribution in [0.25, 0.3) is 0 Å². The van der Waals surface area contributed by atoms with Crippen LogP contribution in [0.2, 0.25) is 0 Å². The Morgan fingerprint density at radius 3 is 2.56 bits per heavy atom. The van der Waals surface area contributed by atoms with Crippen LogP contribution in [-0.2, 0) is 0 Å². The van der Waals surface area contributed by atoms with Gasteiger partial charge in [0.25, 0.3) is 0 Å². The molecule has 1 heterocycles. The molecule has 0 unspecified atom stereocenters. The first kappa shape index (κ1) is 19.1. The van der Waals surface area contributed by atoms with E-state index in [1.807, 2.05) is 24.3 Å². The second-order valence-electron chi connectivity index (χ2n) is 6.43. The van der Waals surface area contributed by atoms with E-state index in [0.29, 0.717) is 18.7 Å². The highest BCUT2D eigenvalue weighted by molar-refractivity contribution is 5.74. The molecular weight excluding hydrogens is 316 g/mol. The number of anilines is 1. The van der Waals surface area contributed by atoms with E-state index in [4.69, 9.17) is 10.4 Å². The van der Waals surface area contributed by atoms with Crippen molar-refractivity contribution in [3.8, 4) is 6.07 Å². The highest BCUT2D eigenvalue weighted by Crippen LogP contribution is 2.20. The van der Waals surface area contributed by atoms with Gasteiger partial charge in [0.1, 0.15) is 0 Å². The van der Waals surface area contributed by atoms with E-state index in [-0.39, 0.29) is 18.7 Å². The van der Waals surface area contributed by atoms with Gasteiger partial charge in [0.2, 0.25) is 0 Å². The summed E-state index contributed by atoms with van der Waals surface area (Å²) in [4.78, 5) is 16.4. The number of carbonyl (C=O) groups excluding carboxylic acids is 1. The summed E-state index contributed by atoms with van der Waals surface area (Å²) in [6.07, 6.45) is 3.77. The summed E-state index contributed by atoms with van der Waals surface area (Å²) in [6, 6.07) is 9.86. The molecule has 2 amide bonds. The van der Waals surface area contributed by atoms with Gasteiger partial charge in [-0.25, -0.2) is 4.79 Å². The average molecular weight is 344 g/mol. The molecule has 2 rings (SSSR count). The molecule has 6 heteroatoms. The van der Waals surface area contributed by atoms with Crippen molar-refractivity contribution in [3.05, 3.63) is 29.8 Å². The third kappa shape index (κ3) is 5.64. The minimum absolute atomic E-state index is 0.00568. The second-order valence-corrected chi connectivity index (χ2v) is 6.43. The minimum atomic E-state index is -0.0701. The molecule has 0 spiro atoms. The molecule has 0 atom stereocenters. The lowest BCUT2D eigenvalue weighted by Crippen LogP contribution is -2.50. The Morgan fingerprint density at radius 1 is 1.32 bits per heavy atom. The van der Waals surface area contributed by atoms with Crippen molar-refractivity contribution < 1.29 is 9.90 Å². The molecular formula is C19H28N4O2. The fourth-order valence-electron chi connectivity index (χ4n) is 3.08. The predicted octanol–water partition coefficient (Wildman–Crippen LogP) is 2.33. The number of nitrogens with zero attached hydrogens (tertiary/aromatic N) is 3. The number of unbranched alkanes of at least 4 members (excludes halogenated alkanes) is 1. The van der Waals surface area contributed by atoms with E-state index in [9.17, 15) is 4.79 Å². The maximum Gasteiger partial charge on any atom is 0.317 e. The summed E-state index contributed by atoms with van der Waals surface area (Å²) in [5.41, 5.74) is 1.79. The summed E-state index contributed by atoms with van der Waals surface area (Å²) in [6.45, 7) is 4.92. The predicted molar refractivity (Wildman–Crippen MR) is 98.5 cm³/mol. The largest absolute Gasteiger partial charge is 0.395 e. The van der Waals surface area contributed by atoms with E-state index >= 15 is 0 Å². The molecule has 1 fully saturated rings. The lowest BCUT2D eigenvalue weighted by atomic mass is 10.0. The number of nitriles is 1. The topological polar surface area (TPSA) is 79.6 Å². The molecule has 136 valence electrons. The fraction of sp³-hybridized carbons (Fsp3) is 0.579. The van der Waals surface area contributed by atoms with Crippen LogP contribution in [-0.4, -0.2) is 54.9 Å². The molecule has 0 saturated carbocycles. The van der Waals surface area contributed by atoms with Crippen LogP contribution >= 0.6 is 0 Å². The van der Waals surface area contributed by atoms with Gasteiger partial charge in [-0.2, -0.15) is 5.26 Å². The highest BCUT2D eigenvalue weighted by Gasteiger charge is 2.23. The van der Waals surface area contributed by atoms with E-state index in [1.54, 1.807) is 4.90 Å². The highest BCUT2D eigenvalue weighted by atomic mass is 16.3. The van der Waals surface area contributed by atoms with Crippen molar-refractivity contribution >= 4 is 11.7 Å². The lowest BCUT2D eigenvalue weighted by Gasteiger charge is -2.35. The first-order valence-electron chi connectivity index (χ1n) is 9.09. The second kappa shape index (κ2) is 9.90. The summed E-state index contributed by atoms with van der Waals surface area (Å²) in [5, 5.41) is 21.1. The van der Waals surface area contributed by atoms with Gasteiger partial charge in [-0.15, -0.1) is 0 Å². The summed E-state index contributed by atoms with van der Waals surface area (Å²) < 4.78 is 0. The van der Waals surface area contributed by atoms with Gasteiger partial charge >= 0.3 is 6.03 Å². The number of piperidine rings is 1. The third-order valence-corrected chi connectivity index (χ3v) is 4.62. The number of rotatable bonds is 7. The standard InChI is InChI=1S/C19H28N4O2/c1-2-3-10-23(13-14-24)19(25)21-17-8-11-22(12-9-17)18-6-4-16(15-20)5-7-18/h4-7,17,24H,2-3,8-14H2,1H3,(H,21,25). The first-order chi connectivity index (χ1) is 12.2. The molecule has 2 N–H and O–H groups in total. The zero-order valence-electron chi connectivity index (χ0n) is 14.9. The lowest BCUT2D eigenvalue weighted by molar-refractivity contribution is 0.171. The van der Waals surface area contributed by atoms with Crippen LogP contribution in [0.1, 0.15) is 38.2 Å². The quantitative estimate of drug-likeness (QED) is 0.796. The number of aliphatic hydroxyl groups excluding tert-OH is 1. The Hall–Kier alpha value is -2.26. The molecule has 0 bridgehead atoms. The smallest absolute Gasteiger partial charge is 0.317 e. The van der Waals surface area contributed by atoms with Gasteiger partial charge in [-0.1, -0.05) is 13.3 Å². The minimum Gasteiger partial charge on any atom is -0.395 e. The molecule has 0 aliphatic carbocycles. The van der Waals surface area contributed by atoms with Crippen molar-refractivity contribution in [1.82, 2.24) is 10.2 Å².